The minimum Gasteiger partial charge on any atom is -0.443 e. The lowest BCUT2D eigenvalue weighted by molar-refractivity contribution is -0.199. The summed E-state index contributed by atoms with van der Waals surface area (Å²) in [5.74, 6) is -0.691. The van der Waals surface area contributed by atoms with Crippen LogP contribution in [0.15, 0.2) is 0 Å². The maximum Gasteiger partial charge on any atom is 0.310 e. The van der Waals surface area contributed by atoms with E-state index >= 15 is 0 Å². The van der Waals surface area contributed by atoms with Gasteiger partial charge in [-0.05, 0) is 19.8 Å². The largest absolute Gasteiger partial charge is 0.443 e. The summed E-state index contributed by atoms with van der Waals surface area (Å²) in [6.45, 7) is 7.11. The first-order chi connectivity index (χ1) is 10.1. The number of carbonyl (C=O) groups excluding carboxylic acids is 2. The molecule has 0 aliphatic carbocycles. The van der Waals surface area contributed by atoms with Gasteiger partial charge in [0, 0.05) is 12.5 Å². The van der Waals surface area contributed by atoms with Crippen LogP contribution in [0.4, 0.5) is 0 Å². The summed E-state index contributed by atoms with van der Waals surface area (Å²) >= 11 is 0. The van der Waals surface area contributed by atoms with Crippen molar-refractivity contribution in [3.05, 3.63) is 6.92 Å². The molecule has 0 amide bonds. The van der Waals surface area contributed by atoms with Crippen LogP contribution < -0.4 is 5.32 Å². The van der Waals surface area contributed by atoms with Crippen molar-refractivity contribution < 1.29 is 19.1 Å². The number of hydrogen-bond acceptors (Lipinski definition) is 5. The fourth-order valence-electron chi connectivity index (χ4n) is 2.94. The topological polar surface area (TPSA) is 64.6 Å². The highest BCUT2D eigenvalue weighted by molar-refractivity contribution is 5.73. The maximum absolute atomic E-state index is 12.1. The third kappa shape index (κ3) is 3.83. The molecule has 2 fully saturated rings. The number of unbranched alkanes of at least 4 members (excludes halogenated alkanes) is 3. The van der Waals surface area contributed by atoms with Crippen molar-refractivity contribution in [3.8, 4) is 0 Å². The molecule has 0 saturated carbocycles. The van der Waals surface area contributed by atoms with E-state index in [1.165, 1.54) is 12.8 Å². The van der Waals surface area contributed by atoms with E-state index in [9.17, 15) is 9.59 Å². The molecule has 0 bridgehead atoms. The summed E-state index contributed by atoms with van der Waals surface area (Å²) in [6.07, 6.45) is 6.37. The highest BCUT2D eigenvalue weighted by Gasteiger charge is 2.55. The van der Waals surface area contributed by atoms with Crippen molar-refractivity contribution in [1.29, 1.82) is 0 Å². The van der Waals surface area contributed by atoms with Crippen molar-refractivity contribution in [2.45, 2.75) is 57.3 Å². The standard InChI is InChI=1S/C16H26NO4/c1-3-4-5-6-7-12(2)14(19)21-15-16(11-17-15)8-13(9-18)10-20-16/h9,12-13,15,17H,2-8,10-11H2,1H3. The second kappa shape index (κ2) is 7.36. The number of rotatable bonds is 8. The molecule has 4 unspecified atom stereocenters. The van der Waals surface area contributed by atoms with Crippen LogP contribution in [0, 0.1) is 18.8 Å². The Hall–Kier alpha value is -0.940. The molecule has 0 aromatic carbocycles. The van der Waals surface area contributed by atoms with Gasteiger partial charge in [0.25, 0.3) is 0 Å². The van der Waals surface area contributed by atoms with Crippen molar-refractivity contribution in [2.75, 3.05) is 13.2 Å². The number of aldehydes is 1. The Morgan fingerprint density at radius 2 is 2.33 bits per heavy atom. The Labute approximate surface area is 126 Å². The first-order valence-electron chi connectivity index (χ1n) is 7.97. The van der Waals surface area contributed by atoms with Crippen molar-refractivity contribution >= 4 is 12.3 Å². The number of nitrogens with one attached hydrogen (secondary N) is 1. The third-order valence-electron chi connectivity index (χ3n) is 4.42. The zero-order valence-corrected chi connectivity index (χ0v) is 12.8. The molecule has 21 heavy (non-hydrogen) atoms. The minimum absolute atomic E-state index is 0.0853. The average molecular weight is 296 g/mol. The smallest absolute Gasteiger partial charge is 0.310 e. The van der Waals surface area contributed by atoms with E-state index in [1.54, 1.807) is 0 Å². The van der Waals surface area contributed by atoms with E-state index in [0.29, 0.717) is 19.6 Å². The zero-order chi connectivity index (χ0) is 15.3. The second-order valence-corrected chi connectivity index (χ2v) is 6.22. The molecule has 5 nitrogen and oxygen atoms in total. The third-order valence-corrected chi connectivity index (χ3v) is 4.42. The Morgan fingerprint density at radius 1 is 1.52 bits per heavy atom. The van der Waals surface area contributed by atoms with Gasteiger partial charge in [-0.3, -0.25) is 10.1 Å². The molecule has 2 heterocycles. The van der Waals surface area contributed by atoms with E-state index in [1.807, 2.05) is 0 Å². The van der Waals surface area contributed by atoms with Crippen molar-refractivity contribution in [1.82, 2.24) is 5.32 Å². The van der Waals surface area contributed by atoms with Crippen LogP contribution in [0.1, 0.15) is 45.4 Å². The molecule has 2 saturated heterocycles. The van der Waals surface area contributed by atoms with Gasteiger partial charge in [-0.15, -0.1) is 0 Å². The highest BCUT2D eigenvalue weighted by atomic mass is 16.6. The molecule has 0 aromatic rings. The first kappa shape index (κ1) is 16.4. The van der Waals surface area contributed by atoms with Crippen molar-refractivity contribution in [3.63, 3.8) is 0 Å². The Morgan fingerprint density at radius 3 is 2.90 bits per heavy atom. The monoisotopic (exact) mass is 296 g/mol. The van der Waals surface area contributed by atoms with Gasteiger partial charge in [-0.25, -0.2) is 0 Å². The summed E-state index contributed by atoms with van der Waals surface area (Å²) in [6, 6.07) is 0. The van der Waals surface area contributed by atoms with Crippen LogP contribution in [0.3, 0.4) is 0 Å². The molecule has 1 radical (unpaired) electrons. The van der Waals surface area contributed by atoms with Gasteiger partial charge in [0.1, 0.15) is 11.9 Å². The molecule has 0 aromatic heterocycles. The van der Waals surface area contributed by atoms with Gasteiger partial charge < -0.3 is 14.3 Å². The van der Waals surface area contributed by atoms with E-state index in [0.717, 1.165) is 25.5 Å². The molecule has 2 aliphatic rings. The maximum atomic E-state index is 12.1. The van der Waals surface area contributed by atoms with Crippen LogP contribution in [0.2, 0.25) is 0 Å². The summed E-state index contributed by atoms with van der Waals surface area (Å²) < 4.78 is 11.2. The van der Waals surface area contributed by atoms with Crippen LogP contribution in [-0.2, 0) is 19.1 Å². The summed E-state index contributed by atoms with van der Waals surface area (Å²) in [4.78, 5) is 22.9. The van der Waals surface area contributed by atoms with E-state index in [2.05, 4.69) is 19.2 Å². The van der Waals surface area contributed by atoms with Gasteiger partial charge in [-0.1, -0.05) is 32.6 Å². The number of esters is 1. The molecule has 4 atom stereocenters. The van der Waals surface area contributed by atoms with E-state index in [-0.39, 0.29) is 17.8 Å². The van der Waals surface area contributed by atoms with Crippen LogP contribution in [0.5, 0.6) is 0 Å². The summed E-state index contributed by atoms with van der Waals surface area (Å²) in [5.41, 5.74) is -0.497. The Balaban J connectivity index is 1.74. The van der Waals surface area contributed by atoms with Gasteiger partial charge >= 0.3 is 5.97 Å². The molecule has 2 rings (SSSR count). The predicted octanol–water partition coefficient (Wildman–Crippen LogP) is 1.85. The highest BCUT2D eigenvalue weighted by Crippen LogP contribution is 2.37. The van der Waals surface area contributed by atoms with Gasteiger partial charge in [0.05, 0.1) is 12.5 Å². The molecule has 119 valence electrons. The second-order valence-electron chi connectivity index (χ2n) is 6.22. The van der Waals surface area contributed by atoms with E-state index < -0.39 is 11.8 Å². The molecule has 5 heteroatoms. The fourth-order valence-corrected chi connectivity index (χ4v) is 2.94. The average Bonchev–Trinajstić information content (AvgIpc) is 2.94. The molecule has 2 aliphatic heterocycles. The fraction of sp³-hybridized carbons (Fsp3) is 0.812. The summed E-state index contributed by atoms with van der Waals surface area (Å²) in [7, 11) is 0. The molecular formula is C16H26NO4. The van der Waals surface area contributed by atoms with Gasteiger partial charge in [0.15, 0.2) is 6.23 Å². The Kier molecular flexibility index (Phi) is 5.76. The molecule has 1 spiro atoms. The lowest BCUT2D eigenvalue weighted by atomic mass is 9.87. The quantitative estimate of drug-likeness (QED) is 0.421. The molecular weight excluding hydrogens is 270 g/mol. The zero-order valence-electron chi connectivity index (χ0n) is 12.8. The Bertz CT molecular complexity index is 373. The number of carbonyl (C=O) groups is 2. The van der Waals surface area contributed by atoms with Crippen LogP contribution in [0.25, 0.3) is 0 Å². The lowest BCUT2D eigenvalue weighted by Gasteiger charge is -2.45. The van der Waals surface area contributed by atoms with Crippen molar-refractivity contribution in [2.24, 2.45) is 11.8 Å². The number of hydrogen-bond donors (Lipinski definition) is 1. The normalized spacial score (nSPS) is 32.7. The van der Waals surface area contributed by atoms with Crippen LogP contribution >= 0.6 is 0 Å². The first-order valence-corrected chi connectivity index (χ1v) is 7.97. The summed E-state index contributed by atoms with van der Waals surface area (Å²) in [5, 5.41) is 3.07. The SMILES string of the molecule is [CH2]C(CCCCCC)C(=O)OC1NCC12CC(C=O)CO2. The van der Waals surface area contributed by atoms with Crippen LogP contribution in [-0.4, -0.2) is 37.2 Å². The molecule has 1 N–H and O–H groups in total. The van der Waals surface area contributed by atoms with Gasteiger partial charge in [0.2, 0.25) is 0 Å². The van der Waals surface area contributed by atoms with Gasteiger partial charge in [-0.2, -0.15) is 0 Å². The predicted molar refractivity (Wildman–Crippen MR) is 78.3 cm³/mol. The minimum atomic E-state index is -0.497. The number of ether oxygens (including phenoxy) is 2. The van der Waals surface area contributed by atoms with E-state index in [4.69, 9.17) is 9.47 Å². The lowest BCUT2D eigenvalue weighted by Crippen LogP contribution is -2.69.